The van der Waals surface area contributed by atoms with E-state index >= 15 is 0 Å². The molecular weight excluding hydrogens is 174 g/mol. The molecule has 0 bridgehead atoms. The molecule has 68 valence electrons. The molecule has 0 aliphatic heterocycles. The van der Waals surface area contributed by atoms with E-state index in [1.807, 2.05) is 0 Å². The molecule has 1 aromatic carbocycles. The van der Waals surface area contributed by atoms with E-state index in [1.54, 1.807) is 6.07 Å². The minimum atomic E-state index is -3.12. The Kier molecular flexibility index (Phi) is 2.59. The molecule has 0 spiro atoms. The number of nitrogens with two attached hydrogens (primary N) is 1. The van der Waals surface area contributed by atoms with Crippen LogP contribution in [0.2, 0.25) is 0 Å². The Balaban J connectivity index is 3.22. The van der Waals surface area contributed by atoms with Gasteiger partial charge in [0.2, 0.25) is 0 Å². The lowest BCUT2D eigenvalue weighted by Crippen LogP contribution is -2.26. The fourth-order valence-corrected chi connectivity index (χ4v) is 1.01. The van der Waals surface area contributed by atoms with Gasteiger partial charge in [-0.25, -0.2) is 0 Å². The molecule has 0 unspecified atom stereocenters. The van der Waals surface area contributed by atoms with Crippen molar-refractivity contribution in [3.63, 3.8) is 0 Å². The first-order chi connectivity index (χ1) is 6.11. The molecule has 0 saturated heterocycles. The largest absolute Gasteiger partial charge is 0.325 e. The van der Waals surface area contributed by atoms with Crippen molar-refractivity contribution in [2.75, 3.05) is 6.54 Å². The average Bonchev–Trinajstić information content (AvgIpc) is 2.18. The number of hydrogen-bond donors (Lipinski definition) is 1. The summed E-state index contributed by atoms with van der Waals surface area (Å²) in [6, 6.07) is 7.25. The van der Waals surface area contributed by atoms with Crippen molar-refractivity contribution < 1.29 is 8.78 Å². The second kappa shape index (κ2) is 3.50. The summed E-state index contributed by atoms with van der Waals surface area (Å²) in [6.45, 7) is -0.786. The van der Waals surface area contributed by atoms with Gasteiger partial charge in [0.15, 0.2) is 0 Å². The second-order valence-electron chi connectivity index (χ2n) is 2.57. The van der Waals surface area contributed by atoms with Gasteiger partial charge in [0.05, 0.1) is 18.2 Å². The predicted octanol–water partition coefficient (Wildman–Crippen LogP) is 1.61. The summed E-state index contributed by atoms with van der Waals surface area (Å²) in [5.74, 6) is -3.12. The molecular formula is C9H8F2N2. The monoisotopic (exact) mass is 182 g/mol. The summed E-state index contributed by atoms with van der Waals surface area (Å²) >= 11 is 0. The van der Waals surface area contributed by atoms with Gasteiger partial charge < -0.3 is 5.73 Å². The number of benzene rings is 1. The number of alkyl halides is 2. The van der Waals surface area contributed by atoms with Crippen LogP contribution in [-0.2, 0) is 5.92 Å². The second-order valence-corrected chi connectivity index (χ2v) is 2.57. The van der Waals surface area contributed by atoms with E-state index in [2.05, 4.69) is 0 Å². The van der Waals surface area contributed by atoms with Gasteiger partial charge in [-0.05, 0) is 6.07 Å². The van der Waals surface area contributed by atoms with Gasteiger partial charge in [-0.3, -0.25) is 0 Å². The Morgan fingerprint density at radius 3 is 2.54 bits per heavy atom. The van der Waals surface area contributed by atoms with E-state index in [1.165, 1.54) is 24.3 Å². The van der Waals surface area contributed by atoms with Crippen LogP contribution in [-0.4, -0.2) is 6.54 Å². The normalized spacial score (nSPS) is 10.9. The van der Waals surface area contributed by atoms with E-state index in [-0.39, 0.29) is 11.1 Å². The molecule has 0 saturated carbocycles. The van der Waals surface area contributed by atoms with E-state index in [0.29, 0.717) is 0 Å². The highest BCUT2D eigenvalue weighted by atomic mass is 19.3. The first kappa shape index (κ1) is 9.62. The molecule has 13 heavy (non-hydrogen) atoms. The standard InChI is InChI=1S/C9H8F2N2/c10-9(11,6-13)8-4-2-1-3-7(8)5-12/h1-4H,6,13H2. The Hall–Kier alpha value is -1.47. The first-order valence-corrected chi connectivity index (χ1v) is 3.69. The summed E-state index contributed by atoms with van der Waals surface area (Å²) in [5, 5.41) is 8.55. The fourth-order valence-electron chi connectivity index (χ4n) is 1.01. The fraction of sp³-hybridized carbons (Fsp3) is 0.222. The molecule has 0 aliphatic carbocycles. The van der Waals surface area contributed by atoms with Crippen molar-refractivity contribution in [2.45, 2.75) is 5.92 Å². The maximum Gasteiger partial charge on any atom is 0.286 e. The quantitative estimate of drug-likeness (QED) is 0.755. The van der Waals surface area contributed by atoms with Gasteiger partial charge in [0, 0.05) is 5.56 Å². The van der Waals surface area contributed by atoms with E-state index < -0.39 is 12.5 Å². The van der Waals surface area contributed by atoms with Crippen LogP contribution in [0.4, 0.5) is 8.78 Å². The Labute approximate surface area is 74.6 Å². The average molecular weight is 182 g/mol. The molecule has 2 N–H and O–H groups in total. The third-order valence-corrected chi connectivity index (χ3v) is 1.70. The zero-order chi connectivity index (χ0) is 9.90. The van der Waals surface area contributed by atoms with Crippen LogP contribution < -0.4 is 5.73 Å². The van der Waals surface area contributed by atoms with Crippen molar-refractivity contribution in [2.24, 2.45) is 5.73 Å². The van der Waals surface area contributed by atoms with Gasteiger partial charge in [0.25, 0.3) is 5.92 Å². The van der Waals surface area contributed by atoms with Crippen LogP contribution in [0.15, 0.2) is 24.3 Å². The SMILES string of the molecule is N#Cc1ccccc1C(F)(F)CN. The number of hydrogen-bond acceptors (Lipinski definition) is 2. The number of nitrogens with zero attached hydrogens (tertiary/aromatic N) is 1. The summed E-state index contributed by atoms with van der Waals surface area (Å²) in [4.78, 5) is 0. The van der Waals surface area contributed by atoms with Gasteiger partial charge in [-0.2, -0.15) is 14.0 Å². The van der Waals surface area contributed by atoms with Crippen LogP contribution in [0.3, 0.4) is 0 Å². The summed E-state index contributed by atoms with van der Waals surface area (Å²) in [7, 11) is 0. The van der Waals surface area contributed by atoms with E-state index in [4.69, 9.17) is 11.0 Å². The molecule has 0 atom stereocenters. The maximum atomic E-state index is 13.1. The summed E-state index contributed by atoms with van der Waals surface area (Å²) in [5.41, 5.74) is 4.57. The van der Waals surface area contributed by atoms with Crippen molar-refractivity contribution in [1.29, 1.82) is 5.26 Å². The molecule has 0 aromatic heterocycles. The van der Waals surface area contributed by atoms with Crippen LogP contribution in [0, 0.1) is 11.3 Å². The van der Waals surface area contributed by atoms with Gasteiger partial charge in [-0.1, -0.05) is 18.2 Å². The molecule has 1 aromatic rings. The molecule has 0 aliphatic rings. The predicted molar refractivity (Wildman–Crippen MR) is 44.1 cm³/mol. The minimum absolute atomic E-state index is 0.0297. The molecule has 0 heterocycles. The Morgan fingerprint density at radius 2 is 2.00 bits per heavy atom. The first-order valence-electron chi connectivity index (χ1n) is 3.69. The Bertz CT molecular complexity index is 342. The third-order valence-electron chi connectivity index (χ3n) is 1.70. The molecule has 0 fully saturated rings. The lowest BCUT2D eigenvalue weighted by Gasteiger charge is -2.14. The highest BCUT2D eigenvalue weighted by Gasteiger charge is 2.31. The van der Waals surface area contributed by atoms with E-state index in [0.717, 1.165) is 0 Å². The van der Waals surface area contributed by atoms with Gasteiger partial charge >= 0.3 is 0 Å². The zero-order valence-electron chi connectivity index (χ0n) is 6.80. The van der Waals surface area contributed by atoms with Gasteiger partial charge in [0.1, 0.15) is 0 Å². The molecule has 1 rings (SSSR count). The highest BCUT2D eigenvalue weighted by molar-refractivity contribution is 5.40. The number of halogens is 2. The number of rotatable bonds is 2. The molecule has 2 nitrogen and oxygen atoms in total. The topological polar surface area (TPSA) is 49.8 Å². The lowest BCUT2D eigenvalue weighted by molar-refractivity contribution is 0.00568. The van der Waals surface area contributed by atoms with Crippen LogP contribution in [0.1, 0.15) is 11.1 Å². The highest BCUT2D eigenvalue weighted by Crippen LogP contribution is 2.28. The van der Waals surface area contributed by atoms with Crippen molar-refractivity contribution in [3.05, 3.63) is 35.4 Å². The van der Waals surface area contributed by atoms with E-state index in [9.17, 15) is 8.78 Å². The third kappa shape index (κ3) is 1.82. The van der Waals surface area contributed by atoms with Crippen LogP contribution in [0.25, 0.3) is 0 Å². The minimum Gasteiger partial charge on any atom is -0.325 e. The molecule has 0 radical (unpaired) electrons. The smallest absolute Gasteiger partial charge is 0.286 e. The van der Waals surface area contributed by atoms with Crippen LogP contribution in [0.5, 0.6) is 0 Å². The van der Waals surface area contributed by atoms with Crippen molar-refractivity contribution in [1.82, 2.24) is 0 Å². The Morgan fingerprint density at radius 1 is 1.38 bits per heavy atom. The van der Waals surface area contributed by atoms with Crippen molar-refractivity contribution in [3.8, 4) is 6.07 Å². The maximum absolute atomic E-state index is 13.1. The summed E-state index contributed by atoms with van der Waals surface area (Å²) < 4.78 is 26.1. The lowest BCUT2D eigenvalue weighted by atomic mass is 10.0. The summed E-state index contributed by atoms with van der Waals surface area (Å²) in [6.07, 6.45) is 0. The van der Waals surface area contributed by atoms with Crippen LogP contribution >= 0.6 is 0 Å². The molecule has 0 amide bonds. The van der Waals surface area contributed by atoms with Gasteiger partial charge in [-0.15, -0.1) is 0 Å². The molecule has 4 heteroatoms. The number of nitriles is 1. The van der Waals surface area contributed by atoms with Crippen molar-refractivity contribution >= 4 is 0 Å². The zero-order valence-corrected chi connectivity index (χ0v) is 6.80.